The van der Waals surface area contributed by atoms with Crippen molar-refractivity contribution in [3.63, 3.8) is 0 Å². The molecule has 1 atom stereocenters. The van der Waals surface area contributed by atoms with Gasteiger partial charge in [0.15, 0.2) is 0 Å². The molecule has 0 aromatic heterocycles. The van der Waals surface area contributed by atoms with Crippen molar-refractivity contribution in [3.8, 4) is 5.75 Å². The molecule has 1 unspecified atom stereocenters. The number of ether oxygens (including phenoxy) is 2. The summed E-state index contributed by atoms with van der Waals surface area (Å²) in [7, 11) is 1.82. The highest BCUT2D eigenvalue weighted by atomic mass is 16.5. The van der Waals surface area contributed by atoms with E-state index in [0.717, 1.165) is 12.3 Å². The van der Waals surface area contributed by atoms with Gasteiger partial charge < -0.3 is 14.8 Å². The number of nitrogens with one attached hydrogen (secondary N) is 1. The molecule has 20 heavy (non-hydrogen) atoms. The van der Waals surface area contributed by atoms with Crippen molar-refractivity contribution in [2.75, 3.05) is 13.7 Å². The van der Waals surface area contributed by atoms with Crippen molar-refractivity contribution in [1.29, 1.82) is 0 Å². The molecule has 1 fully saturated rings. The van der Waals surface area contributed by atoms with E-state index >= 15 is 0 Å². The van der Waals surface area contributed by atoms with Crippen LogP contribution >= 0.6 is 0 Å². The Kier molecular flexibility index (Phi) is 5.06. The lowest BCUT2D eigenvalue weighted by Gasteiger charge is -2.41. The van der Waals surface area contributed by atoms with Gasteiger partial charge in [-0.15, -0.1) is 0 Å². The molecular formula is C17H27NO2. The van der Waals surface area contributed by atoms with Gasteiger partial charge in [-0.1, -0.05) is 12.1 Å². The van der Waals surface area contributed by atoms with Crippen molar-refractivity contribution in [3.05, 3.63) is 29.8 Å². The van der Waals surface area contributed by atoms with Crippen molar-refractivity contribution in [2.24, 2.45) is 0 Å². The van der Waals surface area contributed by atoms with Crippen LogP contribution in [0.2, 0.25) is 0 Å². The molecule has 1 saturated carbocycles. The zero-order valence-electron chi connectivity index (χ0n) is 13.1. The van der Waals surface area contributed by atoms with E-state index in [0.29, 0.717) is 6.04 Å². The summed E-state index contributed by atoms with van der Waals surface area (Å²) in [5.41, 5.74) is 1.36. The highest BCUT2D eigenvalue weighted by molar-refractivity contribution is 5.29. The third kappa shape index (κ3) is 3.74. The molecule has 1 aliphatic rings. The molecule has 0 bridgehead atoms. The largest absolute Gasteiger partial charge is 0.491 e. The van der Waals surface area contributed by atoms with E-state index < -0.39 is 0 Å². The van der Waals surface area contributed by atoms with Gasteiger partial charge >= 0.3 is 0 Å². The average Bonchev–Trinajstić information content (AvgIpc) is 2.38. The lowest BCUT2D eigenvalue weighted by atomic mass is 9.80. The Labute approximate surface area is 122 Å². The van der Waals surface area contributed by atoms with Crippen LogP contribution in [0.5, 0.6) is 5.75 Å². The second kappa shape index (κ2) is 6.59. The van der Waals surface area contributed by atoms with E-state index in [9.17, 15) is 0 Å². The van der Waals surface area contributed by atoms with E-state index in [1.807, 2.05) is 33.1 Å². The first-order chi connectivity index (χ1) is 9.54. The monoisotopic (exact) mass is 277 g/mol. The van der Waals surface area contributed by atoms with Gasteiger partial charge in [-0.25, -0.2) is 0 Å². The number of hydrogen-bond acceptors (Lipinski definition) is 3. The summed E-state index contributed by atoms with van der Waals surface area (Å²) in [5, 5.41) is 3.59. The van der Waals surface area contributed by atoms with Crippen molar-refractivity contribution < 1.29 is 9.47 Å². The van der Waals surface area contributed by atoms with Crippen LogP contribution < -0.4 is 10.1 Å². The third-order valence-corrected chi connectivity index (χ3v) is 4.18. The molecule has 0 spiro atoms. The SMILES string of the molecule is COC1(CNC(C)c2ccc(OC(C)C)cc2)CCC1. The number of hydrogen-bond donors (Lipinski definition) is 1. The molecule has 0 radical (unpaired) electrons. The first kappa shape index (κ1) is 15.3. The zero-order valence-corrected chi connectivity index (χ0v) is 13.1. The summed E-state index contributed by atoms with van der Waals surface area (Å²) in [6, 6.07) is 8.69. The maximum absolute atomic E-state index is 5.67. The number of methoxy groups -OCH3 is 1. The van der Waals surface area contributed by atoms with Crippen LogP contribution in [0.1, 0.15) is 51.6 Å². The van der Waals surface area contributed by atoms with Crippen molar-refractivity contribution >= 4 is 0 Å². The summed E-state index contributed by atoms with van der Waals surface area (Å²) >= 11 is 0. The van der Waals surface area contributed by atoms with Crippen LogP contribution in [0.15, 0.2) is 24.3 Å². The van der Waals surface area contributed by atoms with E-state index in [1.54, 1.807) is 0 Å². The summed E-state index contributed by atoms with van der Waals surface area (Å²) in [4.78, 5) is 0. The Bertz CT molecular complexity index is 404. The van der Waals surface area contributed by atoms with E-state index in [4.69, 9.17) is 9.47 Å². The summed E-state index contributed by atoms with van der Waals surface area (Å²) in [6.07, 6.45) is 3.84. The van der Waals surface area contributed by atoms with Gasteiger partial charge in [-0.3, -0.25) is 0 Å². The van der Waals surface area contributed by atoms with E-state index in [1.165, 1.54) is 24.8 Å². The fraction of sp³-hybridized carbons (Fsp3) is 0.647. The molecular weight excluding hydrogens is 250 g/mol. The first-order valence-corrected chi connectivity index (χ1v) is 7.60. The molecule has 3 nitrogen and oxygen atoms in total. The molecule has 2 rings (SSSR count). The standard InChI is InChI=1S/C17H27NO2/c1-13(2)20-16-8-6-15(7-9-16)14(3)18-12-17(19-4)10-5-11-17/h6-9,13-14,18H,5,10-12H2,1-4H3. The van der Waals surface area contributed by atoms with Gasteiger partial charge in [0.25, 0.3) is 0 Å². The Morgan fingerprint density at radius 3 is 2.25 bits per heavy atom. The molecule has 3 heteroatoms. The Balaban J connectivity index is 1.87. The molecule has 112 valence electrons. The predicted molar refractivity (Wildman–Crippen MR) is 82.2 cm³/mol. The first-order valence-electron chi connectivity index (χ1n) is 7.60. The van der Waals surface area contributed by atoms with Crippen LogP contribution in [0.3, 0.4) is 0 Å². The van der Waals surface area contributed by atoms with Crippen LogP contribution in [0, 0.1) is 0 Å². The maximum Gasteiger partial charge on any atom is 0.119 e. The topological polar surface area (TPSA) is 30.5 Å². The van der Waals surface area contributed by atoms with Gasteiger partial charge in [0.1, 0.15) is 5.75 Å². The molecule has 1 N–H and O–H groups in total. The minimum Gasteiger partial charge on any atom is -0.491 e. The van der Waals surface area contributed by atoms with Crippen LogP contribution in [-0.2, 0) is 4.74 Å². The van der Waals surface area contributed by atoms with Crippen molar-refractivity contribution in [2.45, 2.75) is 57.8 Å². The Morgan fingerprint density at radius 2 is 1.80 bits per heavy atom. The molecule has 1 aliphatic carbocycles. The Hall–Kier alpha value is -1.06. The van der Waals surface area contributed by atoms with Crippen LogP contribution in [-0.4, -0.2) is 25.4 Å². The van der Waals surface area contributed by atoms with Gasteiger partial charge in [-0.2, -0.15) is 0 Å². The second-order valence-corrected chi connectivity index (χ2v) is 6.08. The molecule has 1 aromatic carbocycles. The lowest BCUT2D eigenvalue weighted by molar-refractivity contribution is -0.0706. The summed E-state index contributed by atoms with van der Waals surface area (Å²) in [6.45, 7) is 7.21. The fourth-order valence-electron chi connectivity index (χ4n) is 2.59. The molecule has 0 aliphatic heterocycles. The molecule has 0 heterocycles. The van der Waals surface area contributed by atoms with Gasteiger partial charge in [-0.05, 0) is 57.7 Å². The van der Waals surface area contributed by atoms with Gasteiger partial charge in [0, 0.05) is 19.7 Å². The highest BCUT2D eigenvalue weighted by Crippen LogP contribution is 2.34. The third-order valence-electron chi connectivity index (χ3n) is 4.18. The minimum atomic E-state index is 0.0783. The maximum atomic E-state index is 5.67. The zero-order chi connectivity index (χ0) is 14.6. The normalized spacial score (nSPS) is 18.6. The van der Waals surface area contributed by atoms with Gasteiger partial charge in [0.05, 0.1) is 11.7 Å². The van der Waals surface area contributed by atoms with E-state index in [2.05, 4.69) is 24.4 Å². The molecule has 0 saturated heterocycles. The summed E-state index contributed by atoms with van der Waals surface area (Å²) < 4.78 is 11.3. The quantitative estimate of drug-likeness (QED) is 0.824. The van der Waals surface area contributed by atoms with Crippen LogP contribution in [0.4, 0.5) is 0 Å². The second-order valence-electron chi connectivity index (χ2n) is 6.08. The average molecular weight is 277 g/mol. The fourth-order valence-corrected chi connectivity index (χ4v) is 2.59. The smallest absolute Gasteiger partial charge is 0.119 e. The van der Waals surface area contributed by atoms with Gasteiger partial charge in [0.2, 0.25) is 0 Å². The number of rotatable bonds is 7. The minimum absolute atomic E-state index is 0.0783. The Morgan fingerprint density at radius 1 is 1.15 bits per heavy atom. The van der Waals surface area contributed by atoms with Crippen LogP contribution in [0.25, 0.3) is 0 Å². The molecule has 0 amide bonds. The van der Waals surface area contributed by atoms with E-state index in [-0.39, 0.29) is 11.7 Å². The molecule has 1 aromatic rings. The number of benzene rings is 1. The highest BCUT2D eigenvalue weighted by Gasteiger charge is 2.36. The summed E-state index contributed by atoms with van der Waals surface area (Å²) in [5.74, 6) is 0.934. The predicted octanol–water partition coefficient (Wildman–Crippen LogP) is 3.69. The van der Waals surface area contributed by atoms with Crippen molar-refractivity contribution in [1.82, 2.24) is 5.32 Å². The lowest BCUT2D eigenvalue weighted by Crippen LogP contribution is -2.48.